The molecule has 2 heterocycles. The van der Waals surface area contributed by atoms with Crippen LogP contribution < -0.4 is 10.1 Å². The van der Waals surface area contributed by atoms with Gasteiger partial charge in [-0.2, -0.15) is 0 Å². The number of carbonyl (C=O) groups is 1. The molecule has 0 saturated carbocycles. The average Bonchev–Trinajstić information content (AvgIpc) is 3.23. The molecule has 3 aromatic rings. The molecule has 0 fully saturated rings. The molecule has 2 aromatic heterocycles. The molecule has 4 nitrogen and oxygen atoms in total. The molecule has 1 amide bonds. The van der Waals surface area contributed by atoms with Crippen LogP contribution in [-0.4, -0.2) is 24.5 Å². The predicted octanol–water partition coefficient (Wildman–Crippen LogP) is 5.47. The first-order valence-electron chi connectivity index (χ1n) is 7.80. The number of aryl methyl sites for hydroxylation is 1. The second kappa shape index (κ2) is 8.39. The summed E-state index contributed by atoms with van der Waals surface area (Å²) in [6.45, 7) is 2.52. The molecule has 8 heteroatoms. The van der Waals surface area contributed by atoms with Gasteiger partial charge in [0, 0.05) is 22.4 Å². The van der Waals surface area contributed by atoms with Gasteiger partial charge in [-0.3, -0.25) is 4.79 Å². The van der Waals surface area contributed by atoms with Crippen LogP contribution >= 0.6 is 45.9 Å². The zero-order valence-electron chi connectivity index (χ0n) is 14.1. The van der Waals surface area contributed by atoms with E-state index in [2.05, 4.69) is 27.8 Å². The Balaban J connectivity index is 1.58. The smallest absolute Gasteiger partial charge is 0.251 e. The Hall–Kier alpha value is -1.60. The van der Waals surface area contributed by atoms with Crippen molar-refractivity contribution in [1.29, 1.82) is 0 Å². The summed E-state index contributed by atoms with van der Waals surface area (Å²) in [5.74, 6) is 0.150. The maximum atomic E-state index is 12.3. The maximum Gasteiger partial charge on any atom is 0.251 e. The molecule has 26 heavy (non-hydrogen) atoms. The van der Waals surface area contributed by atoms with Crippen molar-refractivity contribution in [3.63, 3.8) is 0 Å². The molecule has 0 bridgehead atoms. The highest BCUT2D eigenvalue weighted by Crippen LogP contribution is 2.34. The Kier molecular flexibility index (Phi) is 6.19. The number of thiazole rings is 1. The zero-order valence-corrected chi connectivity index (χ0v) is 17.3. The van der Waals surface area contributed by atoms with Gasteiger partial charge in [0.1, 0.15) is 0 Å². The third-order valence-electron chi connectivity index (χ3n) is 3.65. The molecule has 0 unspecified atom stereocenters. The number of rotatable bonds is 6. The number of amides is 1. The minimum atomic E-state index is -0.219. The van der Waals surface area contributed by atoms with Gasteiger partial charge in [-0.25, -0.2) is 4.98 Å². The molecule has 136 valence electrons. The highest BCUT2D eigenvalue weighted by Gasteiger charge is 2.13. The fraction of sp³-hybridized carbons (Fsp3) is 0.222. The number of methoxy groups -OCH3 is 1. The minimum Gasteiger partial charge on any atom is -0.494 e. The van der Waals surface area contributed by atoms with Crippen LogP contribution in [0, 0.1) is 6.92 Å². The summed E-state index contributed by atoms with van der Waals surface area (Å²) >= 11 is 15.5. The van der Waals surface area contributed by atoms with Crippen LogP contribution in [0.3, 0.4) is 0 Å². The molecule has 0 spiro atoms. The lowest BCUT2D eigenvalue weighted by molar-refractivity contribution is 0.0954. The first kappa shape index (κ1) is 19.2. The second-order valence-corrected chi connectivity index (χ2v) is 8.54. The Bertz CT molecular complexity index is 914. The standard InChI is InChI=1S/C18H16Cl2N2O2S2/c1-10-22-15(9-25-10)16-4-3-12(26-16)5-6-21-18(23)11-7-13(19)17(24-2)14(20)8-11/h3-4,7-9H,5-6H2,1-2H3,(H,21,23). The van der Waals surface area contributed by atoms with Crippen molar-refractivity contribution < 1.29 is 9.53 Å². The van der Waals surface area contributed by atoms with Crippen LogP contribution in [0.4, 0.5) is 0 Å². The fourth-order valence-corrected chi connectivity index (χ4v) is 4.71. The van der Waals surface area contributed by atoms with E-state index in [9.17, 15) is 4.79 Å². The third-order valence-corrected chi connectivity index (χ3v) is 6.16. The van der Waals surface area contributed by atoms with Crippen LogP contribution in [0.5, 0.6) is 5.75 Å². The van der Waals surface area contributed by atoms with Gasteiger partial charge in [0.05, 0.1) is 32.7 Å². The van der Waals surface area contributed by atoms with Crippen molar-refractivity contribution in [3.05, 3.63) is 55.1 Å². The van der Waals surface area contributed by atoms with Crippen molar-refractivity contribution in [3.8, 4) is 16.3 Å². The molecule has 0 aliphatic heterocycles. The van der Waals surface area contributed by atoms with Gasteiger partial charge in [-0.05, 0) is 37.6 Å². The quantitative estimate of drug-likeness (QED) is 0.568. The van der Waals surface area contributed by atoms with Gasteiger partial charge in [0.15, 0.2) is 5.75 Å². The number of thiophene rings is 1. The minimum absolute atomic E-state index is 0.219. The van der Waals surface area contributed by atoms with Gasteiger partial charge < -0.3 is 10.1 Å². The number of nitrogens with zero attached hydrogens (tertiary/aromatic N) is 1. The van der Waals surface area contributed by atoms with Crippen molar-refractivity contribution in [2.45, 2.75) is 13.3 Å². The molecule has 0 atom stereocenters. The fourth-order valence-electron chi connectivity index (χ4n) is 2.41. The molecule has 3 rings (SSSR count). The van der Waals surface area contributed by atoms with Crippen molar-refractivity contribution in [2.24, 2.45) is 0 Å². The predicted molar refractivity (Wildman–Crippen MR) is 109 cm³/mol. The van der Waals surface area contributed by atoms with Crippen LogP contribution in [0.25, 0.3) is 10.6 Å². The van der Waals surface area contributed by atoms with Gasteiger partial charge in [-0.15, -0.1) is 22.7 Å². The highest BCUT2D eigenvalue weighted by molar-refractivity contribution is 7.16. The topological polar surface area (TPSA) is 51.2 Å². The van der Waals surface area contributed by atoms with E-state index in [0.717, 1.165) is 22.0 Å². The third kappa shape index (κ3) is 4.38. The number of nitrogens with one attached hydrogen (secondary N) is 1. The number of carbonyl (C=O) groups excluding carboxylic acids is 1. The Morgan fingerprint density at radius 3 is 2.62 bits per heavy atom. The largest absolute Gasteiger partial charge is 0.494 e. The van der Waals surface area contributed by atoms with Gasteiger partial charge in [-0.1, -0.05) is 23.2 Å². The van der Waals surface area contributed by atoms with Gasteiger partial charge >= 0.3 is 0 Å². The molecule has 0 radical (unpaired) electrons. The normalized spacial score (nSPS) is 10.8. The van der Waals surface area contributed by atoms with Crippen molar-refractivity contribution >= 4 is 51.8 Å². The lowest BCUT2D eigenvalue weighted by Crippen LogP contribution is -2.25. The summed E-state index contributed by atoms with van der Waals surface area (Å²) in [6.07, 6.45) is 0.747. The number of benzene rings is 1. The average molecular weight is 427 g/mol. The van der Waals surface area contributed by atoms with E-state index in [4.69, 9.17) is 27.9 Å². The number of aromatic nitrogens is 1. The Morgan fingerprint density at radius 2 is 2.00 bits per heavy atom. The molecular weight excluding hydrogens is 411 g/mol. The van der Waals surface area contributed by atoms with Crippen LogP contribution in [0.1, 0.15) is 20.2 Å². The van der Waals surface area contributed by atoms with Crippen LogP contribution in [-0.2, 0) is 6.42 Å². The second-order valence-electron chi connectivity index (χ2n) is 5.50. The van der Waals surface area contributed by atoms with Gasteiger partial charge in [0.2, 0.25) is 0 Å². The Labute approximate surface area is 169 Å². The van der Waals surface area contributed by atoms with E-state index in [1.165, 1.54) is 12.0 Å². The SMILES string of the molecule is COc1c(Cl)cc(C(=O)NCCc2ccc(-c3csc(C)n3)s2)cc1Cl. The number of hydrogen-bond acceptors (Lipinski definition) is 5. The van der Waals surface area contributed by atoms with E-state index in [0.29, 0.717) is 27.9 Å². The highest BCUT2D eigenvalue weighted by atomic mass is 35.5. The first-order chi connectivity index (χ1) is 12.5. The summed E-state index contributed by atoms with van der Waals surface area (Å²) in [5, 5.41) is 6.63. The number of hydrogen-bond donors (Lipinski definition) is 1. The number of halogens is 2. The van der Waals surface area contributed by atoms with Gasteiger partial charge in [0.25, 0.3) is 5.91 Å². The van der Waals surface area contributed by atoms with E-state index in [-0.39, 0.29) is 5.91 Å². The summed E-state index contributed by atoms with van der Waals surface area (Å²) < 4.78 is 5.09. The van der Waals surface area contributed by atoms with Crippen molar-refractivity contribution in [1.82, 2.24) is 10.3 Å². The monoisotopic (exact) mass is 426 g/mol. The zero-order chi connectivity index (χ0) is 18.7. The van der Waals surface area contributed by atoms with E-state index in [1.54, 1.807) is 34.8 Å². The Morgan fingerprint density at radius 1 is 1.27 bits per heavy atom. The molecule has 1 aromatic carbocycles. The van der Waals surface area contributed by atoms with E-state index >= 15 is 0 Å². The molecule has 0 aliphatic rings. The first-order valence-corrected chi connectivity index (χ1v) is 10.3. The van der Waals surface area contributed by atoms with E-state index < -0.39 is 0 Å². The summed E-state index contributed by atoms with van der Waals surface area (Å²) in [7, 11) is 1.48. The lowest BCUT2D eigenvalue weighted by atomic mass is 10.2. The maximum absolute atomic E-state index is 12.3. The van der Waals surface area contributed by atoms with Crippen molar-refractivity contribution in [2.75, 3.05) is 13.7 Å². The summed E-state index contributed by atoms with van der Waals surface area (Å²) in [4.78, 5) is 19.1. The molecule has 0 saturated heterocycles. The number of ether oxygens (including phenoxy) is 1. The molecule has 1 N–H and O–H groups in total. The molecular formula is C18H16Cl2N2O2S2. The molecule has 0 aliphatic carbocycles. The van der Waals surface area contributed by atoms with Crippen LogP contribution in [0.2, 0.25) is 10.0 Å². The lowest BCUT2D eigenvalue weighted by Gasteiger charge is -2.09. The van der Waals surface area contributed by atoms with Crippen LogP contribution in [0.15, 0.2) is 29.6 Å². The summed E-state index contributed by atoms with van der Waals surface area (Å²) in [6, 6.07) is 7.24. The van der Waals surface area contributed by atoms with E-state index in [1.807, 2.05) is 6.92 Å². The summed E-state index contributed by atoms with van der Waals surface area (Å²) in [5.41, 5.74) is 1.42.